The minimum Gasteiger partial charge on any atom is -0.392 e. The van der Waals surface area contributed by atoms with Crippen molar-refractivity contribution in [1.82, 2.24) is 15.5 Å². The number of ether oxygens (including phenoxy) is 6. The molecule has 18 heteroatoms. The van der Waals surface area contributed by atoms with Crippen molar-refractivity contribution in [3.8, 4) is 0 Å². The van der Waals surface area contributed by atoms with Crippen molar-refractivity contribution >= 4 is 41.1 Å². The Morgan fingerprint density at radius 2 is 1.25 bits per heavy atom. The summed E-state index contributed by atoms with van der Waals surface area (Å²) in [7, 11) is 0. The number of hydrogen-bond donors (Lipinski definition) is 5. The van der Waals surface area contributed by atoms with Crippen molar-refractivity contribution in [2.24, 2.45) is 17.6 Å². The van der Waals surface area contributed by atoms with Gasteiger partial charge in [0, 0.05) is 43.1 Å². The minimum atomic E-state index is -0.809. The van der Waals surface area contributed by atoms with Gasteiger partial charge in [0.25, 0.3) is 11.8 Å². The number of primary amides is 1. The molecular weight excluding hydrogens is 734 g/mol. The van der Waals surface area contributed by atoms with Gasteiger partial charge in [0.15, 0.2) is 5.78 Å². The summed E-state index contributed by atoms with van der Waals surface area (Å²) in [5.41, 5.74) is 6.34. The van der Waals surface area contributed by atoms with Crippen LogP contribution in [0.2, 0.25) is 0 Å². The lowest BCUT2D eigenvalue weighted by atomic mass is 9.89. The van der Waals surface area contributed by atoms with Crippen molar-refractivity contribution in [3.05, 3.63) is 42.0 Å². The molecule has 0 aromatic heterocycles. The molecular formula is C38H59N5O13. The van der Waals surface area contributed by atoms with Crippen LogP contribution in [0.4, 0.5) is 10.5 Å². The quantitative estimate of drug-likeness (QED) is 0.0487. The molecule has 6 N–H and O–H groups in total. The van der Waals surface area contributed by atoms with Crippen molar-refractivity contribution in [2.45, 2.75) is 52.2 Å². The topological polar surface area (TPSA) is 243 Å². The van der Waals surface area contributed by atoms with Crippen LogP contribution in [0.3, 0.4) is 0 Å². The number of rotatable bonds is 33. The molecule has 2 atom stereocenters. The van der Waals surface area contributed by atoms with Crippen LogP contribution in [0.1, 0.15) is 45.1 Å². The number of nitrogens with two attached hydrogens (primary N) is 1. The monoisotopic (exact) mass is 793 g/mol. The zero-order valence-corrected chi connectivity index (χ0v) is 32.5. The van der Waals surface area contributed by atoms with Gasteiger partial charge in [-0.2, -0.15) is 0 Å². The number of aliphatic hydroxyl groups is 1. The van der Waals surface area contributed by atoms with E-state index in [1.807, 2.05) is 13.8 Å². The lowest BCUT2D eigenvalue weighted by Crippen LogP contribution is -2.45. The summed E-state index contributed by atoms with van der Waals surface area (Å²) in [4.78, 5) is 74.4. The summed E-state index contributed by atoms with van der Waals surface area (Å²) >= 11 is 0. The average molecular weight is 794 g/mol. The predicted octanol–water partition coefficient (Wildman–Crippen LogP) is 0.697. The first-order chi connectivity index (χ1) is 27.0. The van der Waals surface area contributed by atoms with Gasteiger partial charge in [-0.05, 0) is 36.5 Å². The molecule has 1 heterocycles. The summed E-state index contributed by atoms with van der Waals surface area (Å²) in [6.07, 6.45) is 3.10. The molecule has 1 aliphatic heterocycles. The first-order valence-corrected chi connectivity index (χ1v) is 18.9. The van der Waals surface area contributed by atoms with Crippen LogP contribution >= 0.6 is 0 Å². The first kappa shape index (κ1) is 47.9. The maximum Gasteiger partial charge on any atom is 0.312 e. The Hall–Kier alpha value is -4.30. The Labute approximate surface area is 328 Å². The fraction of sp³-hybridized carbons (Fsp3) is 0.632. The molecule has 0 aliphatic carbocycles. The Morgan fingerprint density at radius 1 is 0.750 bits per heavy atom. The van der Waals surface area contributed by atoms with E-state index in [-0.39, 0.29) is 87.7 Å². The van der Waals surface area contributed by atoms with Gasteiger partial charge in [-0.25, -0.2) is 4.79 Å². The number of urea groups is 1. The molecule has 0 saturated heterocycles. The zero-order chi connectivity index (χ0) is 41.0. The van der Waals surface area contributed by atoms with E-state index in [0.717, 1.165) is 4.90 Å². The third-order valence-electron chi connectivity index (χ3n) is 8.27. The van der Waals surface area contributed by atoms with Gasteiger partial charge in [-0.1, -0.05) is 26.0 Å². The van der Waals surface area contributed by atoms with Crippen molar-refractivity contribution in [1.29, 1.82) is 0 Å². The second-order valence-corrected chi connectivity index (χ2v) is 13.0. The highest BCUT2D eigenvalue weighted by atomic mass is 16.6. The summed E-state index contributed by atoms with van der Waals surface area (Å²) in [5, 5.41) is 17.4. The molecule has 0 radical (unpaired) electrons. The maximum absolute atomic E-state index is 13.4. The minimum absolute atomic E-state index is 0.0360. The van der Waals surface area contributed by atoms with Gasteiger partial charge >= 0.3 is 6.03 Å². The van der Waals surface area contributed by atoms with E-state index in [2.05, 4.69) is 16.0 Å². The van der Waals surface area contributed by atoms with E-state index < -0.39 is 18.0 Å². The number of anilines is 1. The Bertz CT molecular complexity index is 1360. The lowest BCUT2D eigenvalue weighted by molar-refractivity contribution is -0.137. The van der Waals surface area contributed by atoms with Crippen LogP contribution in [0, 0.1) is 11.8 Å². The Morgan fingerprint density at radius 3 is 1.73 bits per heavy atom. The Balaban J connectivity index is 1.52. The van der Waals surface area contributed by atoms with E-state index in [9.17, 15) is 33.9 Å². The number of imide groups is 1. The molecule has 6 amide bonds. The standard InChI is InChI=1S/C38H59N5O13/c1-28(2)36(32(45)26-30(4-3-12-40-38(39)50)37(49)41-31-7-5-29(27-44)6-8-31)42-33(46)11-14-51-16-18-53-20-22-55-24-25-56-23-21-54-19-17-52-15-13-43-34(47)9-10-35(43)48/h5-10,28,30,36,44H,3-4,11-27H2,1-2H3,(H,41,49)(H,42,46)(H3,39,40,50)/t30-,36+/m1/s1. The number of amides is 6. The molecule has 18 nitrogen and oxygen atoms in total. The number of ketones is 1. The van der Waals surface area contributed by atoms with Crippen LogP contribution in [-0.4, -0.2) is 144 Å². The van der Waals surface area contributed by atoms with Gasteiger partial charge in [0.2, 0.25) is 11.8 Å². The molecule has 2 rings (SSSR count). The van der Waals surface area contributed by atoms with E-state index in [0.29, 0.717) is 83.6 Å². The predicted molar refractivity (Wildman–Crippen MR) is 203 cm³/mol. The zero-order valence-electron chi connectivity index (χ0n) is 32.5. The van der Waals surface area contributed by atoms with Crippen LogP contribution < -0.4 is 21.7 Å². The van der Waals surface area contributed by atoms with E-state index in [4.69, 9.17) is 34.2 Å². The number of carbonyl (C=O) groups is 6. The van der Waals surface area contributed by atoms with Crippen LogP contribution in [0.25, 0.3) is 0 Å². The first-order valence-electron chi connectivity index (χ1n) is 18.9. The Kier molecular flexibility index (Phi) is 24.8. The molecule has 314 valence electrons. The highest BCUT2D eigenvalue weighted by Gasteiger charge is 2.29. The molecule has 0 bridgehead atoms. The van der Waals surface area contributed by atoms with Gasteiger partial charge < -0.3 is 55.2 Å². The van der Waals surface area contributed by atoms with Gasteiger partial charge in [0.1, 0.15) is 0 Å². The van der Waals surface area contributed by atoms with Gasteiger partial charge in [0.05, 0.1) is 98.5 Å². The van der Waals surface area contributed by atoms with E-state index in [1.165, 1.54) is 12.2 Å². The summed E-state index contributed by atoms with van der Waals surface area (Å²) in [5.74, 6) is -2.63. The fourth-order valence-corrected chi connectivity index (χ4v) is 5.23. The van der Waals surface area contributed by atoms with Gasteiger partial charge in [-0.3, -0.25) is 28.9 Å². The fourth-order valence-electron chi connectivity index (χ4n) is 5.23. The molecule has 1 aromatic carbocycles. The number of nitrogens with zero attached hydrogens (tertiary/aromatic N) is 1. The summed E-state index contributed by atoms with van der Waals surface area (Å²) in [6, 6.07) is 5.19. The van der Waals surface area contributed by atoms with Crippen LogP contribution in [-0.2, 0) is 59.0 Å². The normalized spacial score (nSPS) is 13.6. The smallest absolute Gasteiger partial charge is 0.312 e. The van der Waals surface area contributed by atoms with Crippen LogP contribution in [0.5, 0.6) is 0 Å². The largest absolute Gasteiger partial charge is 0.392 e. The number of nitrogens with one attached hydrogen (secondary N) is 3. The number of hydrogen-bond acceptors (Lipinski definition) is 13. The molecule has 0 spiro atoms. The maximum atomic E-state index is 13.4. The lowest BCUT2D eigenvalue weighted by Gasteiger charge is -2.24. The number of carbonyl (C=O) groups excluding carboxylic acids is 6. The highest BCUT2D eigenvalue weighted by molar-refractivity contribution is 6.12. The van der Waals surface area contributed by atoms with Crippen molar-refractivity contribution in [3.63, 3.8) is 0 Å². The third-order valence-corrected chi connectivity index (χ3v) is 8.27. The molecule has 0 fully saturated rings. The van der Waals surface area contributed by atoms with Crippen molar-refractivity contribution in [2.75, 3.05) is 97.7 Å². The van der Waals surface area contributed by atoms with Crippen molar-refractivity contribution < 1.29 is 62.3 Å². The third kappa shape index (κ3) is 21.1. The summed E-state index contributed by atoms with van der Waals surface area (Å²) in [6.45, 7) is 7.92. The molecule has 1 aliphatic rings. The number of aliphatic hydroxyl groups excluding tert-OH is 1. The molecule has 56 heavy (non-hydrogen) atoms. The molecule has 0 saturated carbocycles. The highest BCUT2D eigenvalue weighted by Crippen LogP contribution is 2.19. The van der Waals surface area contributed by atoms with Crippen LogP contribution in [0.15, 0.2) is 36.4 Å². The van der Waals surface area contributed by atoms with Gasteiger partial charge in [-0.15, -0.1) is 0 Å². The number of benzene rings is 1. The van der Waals surface area contributed by atoms with E-state index in [1.54, 1.807) is 24.3 Å². The second-order valence-electron chi connectivity index (χ2n) is 13.0. The SMILES string of the molecule is CC(C)[C@H](NC(=O)CCOCCOCCOCCOCCOCCOCCN1C(=O)C=CC1=O)C(=O)C[C@@H](CCCNC(N)=O)C(=O)Nc1ccc(CO)cc1. The van der Waals surface area contributed by atoms with E-state index >= 15 is 0 Å². The average Bonchev–Trinajstić information content (AvgIpc) is 3.49. The molecule has 1 aromatic rings. The summed E-state index contributed by atoms with van der Waals surface area (Å²) < 4.78 is 32.7. The second kappa shape index (κ2) is 29.0. The number of Topliss-reactive ketones (excluding diaryl/α,β-unsaturated/α-hetero) is 1. The molecule has 0 unspecified atom stereocenters.